The fraction of sp³-hybridized carbons (Fsp3) is 0.111. The van der Waals surface area contributed by atoms with Crippen LogP contribution in [0, 0.1) is 6.92 Å². The molecule has 0 unspecified atom stereocenters. The minimum absolute atomic E-state index is 0.194. The van der Waals surface area contributed by atoms with E-state index in [-0.39, 0.29) is 28.0 Å². The van der Waals surface area contributed by atoms with Gasteiger partial charge in [0.2, 0.25) is 0 Å². The Morgan fingerprint density at radius 2 is 0.778 bits per heavy atom. The predicted molar refractivity (Wildman–Crippen MR) is 203 cm³/mol. The zero-order chi connectivity index (χ0) is 37.7. The molecule has 6 aromatic rings. The van der Waals surface area contributed by atoms with E-state index in [1.54, 1.807) is 42.5 Å². The van der Waals surface area contributed by atoms with Crippen LogP contribution in [0.25, 0.3) is 0 Å². The standard InChI is InChI=1S/C45H34N2O7/c1-27-5-13-31(14-6-27)52-32-15-7-28(8-16-32)45(2,3)29-9-17-33(18-10-29)53-34-19-11-30(12-20-34)47-43(50)38-24-22-36(26-40(38)44(47)51)54-35-21-23-37-39(25-35)42(49)46(4)41(37)48/h5-26H,1-4H3. The summed E-state index contributed by atoms with van der Waals surface area (Å²) in [5.74, 6) is 1.66. The van der Waals surface area contributed by atoms with E-state index in [1.165, 1.54) is 30.8 Å². The summed E-state index contributed by atoms with van der Waals surface area (Å²) in [5, 5.41) is 0. The lowest BCUT2D eigenvalue weighted by atomic mass is 9.78. The van der Waals surface area contributed by atoms with Crippen molar-refractivity contribution in [3.8, 4) is 34.5 Å². The maximum Gasteiger partial charge on any atom is 0.266 e. The Labute approximate surface area is 311 Å². The average molecular weight is 715 g/mol. The molecular formula is C45H34N2O7. The number of benzene rings is 6. The van der Waals surface area contributed by atoms with Gasteiger partial charge >= 0.3 is 0 Å². The third-order valence-corrected chi connectivity index (χ3v) is 9.89. The Kier molecular flexibility index (Phi) is 8.34. The fourth-order valence-corrected chi connectivity index (χ4v) is 6.65. The Balaban J connectivity index is 0.914. The van der Waals surface area contributed by atoms with Crippen molar-refractivity contribution in [2.24, 2.45) is 0 Å². The minimum Gasteiger partial charge on any atom is -0.457 e. The summed E-state index contributed by atoms with van der Waals surface area (Å²) >= 11 is 0. The van der Waals surface area contributed by atoms with Crippen molar-refractivity contribution in [1.82, 2.24) is 4.90 Å². The lowest BCUT2D eigenvalue weighted by Crippen LogP contribution is -2.29. The van der Waals surface area contributed by atoms with Crippen LogP contribution >= 0.6 is 0 Å². The Morgan fingerprint density at radius 1 is 0.426 bits per heavy atom. The summed E-state index contributed by atoms with van der Waals surface area (Å²) in [4.78, 5) is 53.7. The monoisotopic (exact) mass is 714 g/mol. The molecule has 0 atom stereocenters. The smallest absolute Gasteiger partial charge is 0.266 e. The molecule has 2 heterocycles. The Hall–Kier alpha value is -7.00. The third-order valence-electron chi connectivity index (χ3n) is 9.89. The van der Waals surface area contributed by atoms with Crippen molar-refractivity contribution >= 4 is 29.3 Å². The van der Waals surface area contributed by atoms with E-state index in [1.807, 2.05) is 67.6 Å². The highest BCUT2D eigenvalue weighted by molar-refractivity contribution is 6.34. The van der Waals surface area contributed by atoms with Crippen LogP contribution in [0.4, 0.5) is 5.69 Å². The predicted octanol–water partition coefficient (Wildman–Crippen LogP) is 9.72. The molecule has 0 spiro atoms. The molecule has 0 radical (unpaired) electrons. The van der Waals surface area contributed by atoms with Crippen LogP contribution in [-0.4, -0.2) is 35.6 Å². The van der Waals surface area contributed by atoms with Crippen molar-refractivity contribution in [2.75, 3.05) is 11.9 Å². The lowest BCUT2D eigenvalue weighted by Gasteiger charge is -2.26. The third kappa shape index (κ3) is 6.15. The van der Waals surface area contributed by atoms with Crippen molar-refractivity contribution < 1.29 is 33.4 Å². The SMILES string of the molecule is Cc1ccc(Oc2ccc(C(C)(C)c3ccc(Oc4ccc(N5C(=O)c6ccc(Oc7ccc8c(c7)C(=O)N(C)C8=O)cc6C5=O)cc4)cc3)cc2)cc1. The first-order valence-corrected chi connectivity index (χ1v) is 17.4. The van der Waals surface area contributed by atoms with Crippen molar-refractivity contribution in [3.05, 3.63) is 172 Å². The van der Waals surface area contributed by atoms with Crippen molar-refractivity contribution in [3.63, 3.8) is 0 Å². The number of imide groups is 2. The van der Waals surface area contributed by atoms with Crippen LogP contribution in [0.5, 0.6) is 34.5 Å². The molecule has 266 valence electrons. The number of hydrogen-bond donors (Lipinski definition) is 0. The summed E-state index contributed by atoms with van der Waals surface area (Å²) in [6.07, 6.45) is 0. The molecule has 0 saturated carbocycles. The fourth-order valence-electron chi connectivity index (χ4n) is 6.65. The second kappa shape index (κ2) is 13.2. The second-order valence-corrected chi connectivity index (χ2v) is 13.8. The van der Waals surface area contributed by atoms with Gasteiger partial charge < -0.3 is 14.2 Å². The summed E-state index contributed by atoms with van der Waals surface area (Å²) in [5.41, 5.74) is 4.55. The molecule has 54 heavy (non-hydrogen) atoms. The maximum atomic E-state index is 13.5. The van der Waals surface area contributed by atoms with E-state index in [0.29, 0.717) is 34.2 Å². The van der Waals surface area contributed by atoms with Crippen LogP contribution in [0.1, 0.15) is 72.0 Å². The number of carbonyl (C=O) groups excluding carboxylic acids is 4. The van der Waals surface area contributed by atoms with E-state index in [2.05, 4.69) is 26.0 Å². The summed E-state index contributed by atoms with van der Waals surface area (Å²) in [7, 11) is 1.42. The van der Waals surface area contributed by atoms with E-state index >= 15 is 0 Å². The molecule has 0 saturated heterocycles. The summed E-state index contributed by atoms with van der Waals surface area (Å²) in [6.45, 7) is 6.39. The highest BCUT2D eigenvalue weighted by Gasteiger charge is 2.37. The maximum absolute atomic E-state index is 13.5. The van der Waals surface area contributed by atoms with Gasteiger partial charge in [-0.25, -0.2) is 4.90 Å². The molecular weight excluding hydrogens is 681 g/mol. The number of hydrogen-bond acceptors (Lipinski definition) is 7. The second-order valence-electron chi connectivity index (χ2n) is 13.8. The molecule has 2 aliphatic heterocycles. The molecule has 0 bridgehead atoms. The molecule has 9 heteroatoms. The van der Waals surface area contributed by atoms with Gasteiger partial charge in [0.25, 0.3) is 23.6 Å². The van der Waals surface area contributed by atoms with Crippen molar-refractivity contribution in [1.29, 1.82) is 0 Å². The molecule has 0 N–H and O–H groups in total. The minimum atomic E-state index is -0.489. The molecule has 8 rings (SSSR count). The van der Waals surface area contributed by atoms with Gasteiger partial charge in [0.15, 0.2) is 0 Å². The van der Waals surface area contributed by atoms with Crippen LogP contribution < -0.4 is 19.1 Å². The Morgan fingerprint density at radius 3 is 1.28 bits per heavy atom. The average Bonchev–Trinajstić information content (AvgIpc) is 3.55. The van der Waals surface area contributed by atoms with Crippen LogP contribution in [0.15, 0.2) is 133 Å². The highest BCUT2D eigenvalue weighted by atomic mass is 16.5. The first-order valence-electron chi connectivity index (χ1n) is 17.4. The van der Waals surface area contributed by atoms with E-state index in [4.69, 9.17) is 14.2 Å². The number of nitrogens with zero attached hydrogens (tertiary/aromatic N) is 2. The normalized spacial score (nSPS) is 13.6. The number of fused-ring (bicyclic) bond motifs is 2. The van der Waals surface area contributed by atoms with Crippen LogP contribution in [0.2, 0.25) is 0 Å². The molecule has 6 aromatic carbocycles. The van der Waals surface area contributed by atoms with Gasteiger partial charge in [-0.05, 0) is 115 Å². The molecule has 0 fully saturated rings. The zero-order valence-corrected chi connectivity index (χ0v) is 30.0. The highest BCUT2D eigenvalue weighted by Crippen LogP contribution is 2.37. The molecule has 0 aliphatic carbocycles. The van der Waals surface area contributed by atoms with E-state index in [9.17, 15) is 19.2 Å². The van der Waals surface area contributed by atoms with Crippen LogP contribution in [-0.2, 0) is 5.41 Å². The number of anilines is 1. The lowest BCUT2D eigenvalue weighted by molar-refractivity contribution is 0.0692. The van der Waals surface area contributed by atoms with Gasteiger partial charge in [0, 0.05) is 12.5 Å². The largest absolute Gasteiger partial charge is 0.457 e. The summed E-state index contributed by atoms with van der Waals surface area (Å²) < 4.78 is 18.1. The van der Waals surface area contributed by atoms with Gasteiger partial charge in [0.1, 0.15) is 34.5 Å². The molecule has 9 nitrogen and oxygen atoms in total. The van der Waals surface area contributed by atoms with Gasteiger partial charge in [-0.15, -0.1) is 0 Å². The molecule has 4 amide bonds. The van der Waals surface area contributed by atoms with Gasteiger partial charge in [0.05, 0.1) is 27.9 Å². The van der Waals surface area contributed by atoms with Crippen LogP contribution in [0.3, 0.4) is 0 Å². The number of amides is 4. The van der Waals surface area contributed by atoms with Gasteiger partial charge in [-0.1, -0.05) is 55.8 Å². The zero-order valence-electron chi connectivity index (χ0n) is 30.0. The van der Waals surface area contributed by atoms with E-state index in [0.717, 1.165) is 32.4 Å². The molecule has 0 aromatic heterocycles. The topological polar surface area (TPSA) is 102 Å². The molecule has 2 aliphatic rings. The van der Waals surface area contributed by atoms with E-state index < -0.39 is 17.7 Å². The number of aryl methyl sites for hydroxylation is 1. The van der Waals surface area contributed by atoms with Gasteiger partial charge in [-0.3, -0.25) is 24.1 Å². The Bertz CT molecular complexity index is 2470. The van der Waals surface area contributed by atoms with Gasteiger partial charge in [-0.2, -0.15) is 0 Å². The first kappa shape index (κ1) is 34.1. The number of ether oxygens (including phenoxy) is 3. The summed E-state index contributed by atoms with van der Waals surface area (Å²) in [6, 6.07) is 40.0. The van der Waals surface area contributed by atoms with Crippen molar-refractivity contribution in [2.45, 2.75) is 26.2 Å². The number of carbonyl (C=O) groups is 4. The quantitative estimate of drug-likeness (QED) is 0.137. The first-order chi connectivity index (χ1) is 26.0. The number of rotatable bonds is 9.